The SMILES string of the molecule is C[C@H](C#N)Nc1cc(-n2ncc3cc(C#N)cnc32)ncc1N1C=C(C2CCC(CCOC3CCCCO3)CC2)NN1. The fourth-order valence-electron chi connectivity index (χ4n) is 5.91. The van der Waals surface area contributed by atoms with Gasteiger partial charge in [-0.25, -0.2) is 9.97 Å². The lowest BCUT2D eigenvalue weighted by Crippen LogP contribution is -2.38. The zero-order valence-electron chi connectivity index (χ0n) is 23.8. The summed E-state index contributed by atoms with van der Waals surface area (Å²) >= 11 is 0. The molecular formula is C30H36N10O2. The fourth-order valence-corrected chi connectivity index (χ4v) is 5.91. The highest BCUT2D eigenvalue weighted by Crippen LogP contribution is 2.36. The van der Waals surface area contributed by atoms with Gasteiger partial charge in [-0.1, -0.05) is 0 Å². The Balaban J connectivity index is 1.13. The summed E-state index contributed by atoms with van der Waals surface area (Å²) in [5.74, 6) is 1.69. The molecule has 3 aromatic heterocycles. The van der Waals surface area contributed by atoms with Crippen LogP contribution in [0.3, 0.4) is 0 Å². The van der Waals surface area contributed by atoms with Gasteiger partial charge in [-0.2, -0.15) is 20.3 Å². The number of nitriles is 2. The molecule has 6 rings (SSSR count). The van der Waals surface area contributed by atoms with Gasteiger partial charge in [-0.05, 0) is 70.3 Å². The Labute approximate surface area is 245 Å². The Morgan fingerprint density at radius 1 is 1.12 bits per heavy atom. The molecular weight excluding hydrogens is 532 g/mol. The average molecular weight is 569 g/mol. The van der Waals surface area contributed by atoms with Gasteiger partial charge >= 0.3 is 0 Å². The van der Waals surface area contributed by atoms with Gasteiger partial charge in [0.2, 0.25) is 0 Å². The number of ether oxygens (including phenoxy) is 2. The molecule has 0 bridgehead atoms. The number of hydrazine groups is 2. The third-order valence-electron chi connectivity index (χ3n) is 8.29. The molecule has 0 aromatic carbocycles. The minimum atomic E-state index is -0.423. The maximum absolute atomic E-state index is 9.50. The fraction of sp³-hybridized carbons (Fsp3) is 0.500. The Hall–Kier alpha value is -4.23. The van der Waals surface area contributed by atoms with E-state index in [0.717, 1.165) is 67.8 Å². The van der Waals surface area contributed by atoms with Gasteiger partial charge < -0.3 is 20.2 Å². The predicted octanol–water partition coefficient (Wildman–Crippen LogP) is 4.42. The van der Waals surface area contributed by atoms with Crippen molar-refractivity contribution in [2.75, 3.05) is 23.5 Å². The Morgan fingerprint density at radius 2 is 2.00 bits per heavy atom. The molecule has 2 fully saturated rings. The normalized spacial score (nSPS) is 23.1. The van der Waals surface area contributed by atoms with Crippen LogP contribution < -0.4 is 21.3 Å². The van der Waals surface area contributed by atoms with Crippen LogP contribution in [0.15, 0.2) is 42.6 Å². The number of nitrogens with one attached hydrogen (secondary N) is 3. The summed E-state index contributed by atoms with van der Waals surface area (Å²) in [6.07, 6.45) is 16.1. The summed E-state index contributed by atoms with van der Waals surface area (Å²) < 4.78 is 13.3. The molecule has 12 nitrogen and oxygen atoms in total. The second-order valence-electron chi connectivity index (χ2n) is 11.2. The number of hydrogen-bond acceptors (Lipinski definition) is 11. The smallest absolute Gasteiger partial charge is 0.164 e. The standard InChI is InChI=1S/C30H36N10O2/c1-20(14-31)36-25-13-28(40-30-24(17-35-40)12-22(15-32)16-34-30)33-18-27(25)39-19-26(37-38-39)23-7-5-21(6-8-23)9-11-42-29-4-2-3-10-41-29/h12-13,16-21,23,29,37-38H,2-11H2,1H3,(H,33,36)/t20-,21?,23?,29?/m1/s1. The summed E-state index contributed by atoms with van der Waals surface area (Å²) in [5, 5.41) is 29.1. The first-order chi connectivity index (χ1) is 20.6. The van der Waals surface area contributed by atoms with Crippen molar-refractivity contribution in [2.24, 2.45) is 11.8 Å². The first-order valence-electron chi connectivity index (χ1n) is 14.8. The first kappa shape index (κ1) is 27.9. The average Bonchev–Trinajstić information content (AvgIpc) is 3.69. The maximum atomic E-state index is 9.50. The van der Waals surface area contributed by atoms with Gasteiger partial charge in [0.1, 0.15) is 17.8 Å². The van der Waals surface area contributed by atoms with Crippen molar-refractivity contribution in [1.29, 1.82) is 10.5 Å². The predicted molar refractivity (Wildman–Crippen MR) is 157 cm³/mol. The molecule has 1 saturated heterocycles. The van der Waals surface area contributed by atoms with Crippen LogP contribution in [0.5, 0.6) is 0 Å². The summed E-state index contributed by atoms with van der Waals surface area (Å²) in [6.45, 7) is 3.41. The number of pyridine rings is 2. The van der Waals surface area contributed by atoms with Gasteiger partial charge in [0.25, 0.3) is 0 Å². The molecule has 1 aliphatic carbocycles. The van der Waals surface area contributed by atoms with Crippen LogP contribution >= 0.6 is 0 Å². The minimum Gasteiger partial charge on any atom is -0.368 e. The highest BCUT2D eigenvalue weighted by atomic mass is 16.7. The van der Waals surface area contributed by atoms with E-state index < -0.39 is 6.04 Å². The largest absolute Gasteiger partial charge is 0.368 e. The molecule has 2 aliphatic heterocycles. The molecule has 3 aliphatic rings. The van der Waals surface area contributed by atoms with Crippen molar-refractivity contribution in [3.63, 3.8) is 0 Å². The van der Waals surface area contributed by atoms with Gasteiger partial charge in [0.05, 0.1) is 29.7 Å². The van der Waals surface area contributed by atoms with E-state index in [9.17, 15) is 10.5 Å². The number of allylic oxidation sites excluding steroid dienone is 1. The maximum Gasteiger partial charge on any atom is 0.164 e. The van der Waals surface area contributed by atoms with E-state index in [-0.39, 0.29) is 6.29 Å². The summed E-state index contributed by atoms with van der Waals surface area (Å²) in [5.41, 5.74) is 10.3. The highest BCUT2D eigenvalue weighted by molar-refractivity contribution is 5.78. The second-order valence-corrected chi connectivity index (χ2v) is 11.2. The summed E-state index contributed by atoms with van der Waals surface area (Å²) in [4.78, 5) is 9.09. The molecule has 42 heavy (non-hydrogen) atoms. The molecule has 3 N–H and O–H groups in total. The lowest BCUT2D eigenvalue weighted by molar-refractivity contribution is -0.164. The van der Waals surface area contributed by atoms with Crippen LogP contribution in [0, 0.1) is 34.5 Å². The van der Waals surface area contributed by atoms with Crippen LogP contribution in [0.25, 0.3) is 16.9 Å². The summed E-state index contributed by atoms with van der Waals surface area (Å²) in [7, 11) is 0. The highest BCUT2D eigenvalue weighted by Gasteiger charge is 2.28. The third kappa shape index (κ3) is 6.16. The van der Waals surface area contributed by atoms with Crippen LogP contribution in [0.4, 0.5) is 11.4 Å². The zero-order chi connectivity index (χ0) is 28.9. The Bertz CT molecular complexity index is 1510. The van der Waals surface area contributed by atoms with Crippen LogP contribution in [-0.2, 0) is 9.47 Å². The third-order valence-corrected chi connectivity index (χ3v) is 8.29. The molecule has 0 radical (unpaired) electrons. The second kappa shape index (κ2) is 12.7. The van der Waals surface area contributed by atoms with Gasteiger partial charge in [-0.3, -0.25) is 5.01 Å². The molecule has 0 amide bonds. The van der Waals surface area contributed by atoms with E-state index in [2.05, 4.69) is 49.7 Å². The van der Waals surface area contributed by atoms with E-state index in [1.165, 1.54) is 25.5 Å². The monoisotopic (exact) mass is 568 g/mol. The Kier molecular flexibility index (Phi) is 8.47. The molecule has 218 valence electrons. The molecule has 1 saturated carbocycles. The van der Waals surface area contributed by atoms with Gasteiger partial charge in [0.15, 0.2) is 17.8 Å². The van der Waals surface area contributed by atoms with E-state index in [0.29, 0.717) is 28.9 Å². The van der Waals surface area contributed by atoms with Crippen molar-refractivity contribution in [3.05, 3.63) is 48.2 Å². The van der Waals surface area contributed by atoms with E-state index in [4.69, 9.17) is 9.47 Å². The zero-order valence-corrected chi connectivity index (χ0v) is 23.8. The van der Waals surface area contributed by atoms with Crippen molar-refractivity contribution in [3.8, 4) is 18.0 Å². The lowest BCUT2D eigenvalue weighted by Gasteiger charge is -2.29. The number of rotatable bonds is 9. The number of nitrogens with zero attached hydrogens (tertiary/aromatic N) is 7. The molecule has 12 heteroatoms. The van der Waals surface area contributed by atoms with E-state index in [1.54, 1.807) is 30.1 Å². The first-order valence-corrected chi connectivity index (χ1v) is 14.8. The van der Waals surface area contributed by atoms with Gasteiger partial charge in [0, 0.05) is 48.7 Å². The van der Waals surface area contributed by atoms with Crippen molar-refractivity contribution >= 4 is 22.4 Å². The van der Waals surface area contributed by atoms with Gasteiger partial charge in [-0.15, -0.1) is 5.53 Å². The lowest BCUT2D eigenvalue weighted by atomic mass is 9.79. The topological polar surface area (TPSA) is 149 Å². The van der Waals surface area contributed by atoms with Crippen LogP contribution in [0.1, 0.15) is 63.9 Å². The van der Waals surface area contributed by atoms with Crippen molar-refractivity contribution in [1.82, 2.24) is 30.7 Å². The molecule has 3 aromatic rings. The number of hydrogen-bond donors (Lipinski definition) is 3. The quantitative estimate of drug-likeness (QED) is 0.337. The van der Waals surface area contributed by atoms with Crippen molar-refractivity contribution < 1.29 is 9.47 Å². The minimum absolute atomic E-state index is 0.00717. The molecule has 1 unspecified atom stereocenters. The van der Waals surface area contributed by atoms with Crippen molar-refractivity contribution in [2.45, 2.75) is 70.6 Å². The molecule has 2 atom stereocenters. The molecule has 0 spiro atoms. The van der Waals surface area contributed by atoms with Crippen LogP contribution in [0.2, 0.25) is 0 Å². The molecule has 5 heterocycles. The Morgan fingerprint density at radius 3 is 2.79 bits per heavy atom. The van der Waals surface area contributed by atoms with E-state index in [1.807, 2.05) is 11.1 Å². The number of fused-ring (bicyclic) bond motifs is 1. The number of aromatic nitrogens is 4. The van der Waals surface area contributed by atoms with E-state index >= 15 is 0 Å². The summed E-state index contributed by atoms with van der Waals surface area (Å²) in [6, 6.07) is 7.53. The van der Waals surface area contributed by atoms with Crippen LogP contribution in [-0.4, -0.2) is 45.3 Å². The number of anilines is 2.